The van der Waals surface area contributed by atoms with Crippen LogP contribution in [0.4, 0.5) is 5.69 Å². The normalized spacial score (nSPS) is 14.6. The van der Waals surface area contributed by atoms with Crippen molar-refractivity contribution in [2.75, 3.05) is 12.4 Å². The second-order valence-electron chi connectivity index (χ2n) is 6.92. The number of rotatable bonds is 6. The van der Waals surface area contributed by atoms with E-state index in [-0.39, 0.29) is 17.9 Å². The second kappa shape index (κ2) is 9.74. The average Bonchev–Trinajstić information content (AvgIpc) is 2.73. The summed E-state index contributed by atoms with van der Waals surface area (Å²) in [6.07, 6.45) is 8.70. The van der Waals surface area contributed by atoms with Gasteiger partial charge < -0.3 is 15.4 Å². The van der Waals surface area contributed by atoms with Crippen molar-refractivity contribution in [3.05, 3.63) is 65.7 Å². The topological polar surface area (TPSA) is 67.4 Å². The summed E-state index contributed by atoms with van der Waals surface area (Å²) in [6, 6.07) is 14.8. The lowest BCUT2D eigenvalue weighted by Crippen LogP contribution is -2.36. The van der Waals surface area contributed by atoms with Gasteiger partial charge in [-0.1, -0.05) is 49.6 Å². The summed E-state index contributed by atoms with van der Waals surface area (Å²) in [6.45, 7) is 0. The maximum Gasteiger partial charge on any atom is 0.253 e. The number of para-hydroxylation sites is 2. The fourth-order valence-electron chi connectivity index (χ4n) is 3.44. The monoisotopic (exact) mass is 378 g/mol. The van der Waals surface area contributed by atoms with Gasteiger partial charge in [0, 0.05) is 17.7 Å². The molecule has 28 heavy (non-hydrogen) atoms. The Hall–Kier alpha value is -3.08. The Kier molecular flexibility index (Phi) is 6.84. The number of ether oxygens (including phenoxy) is 1. The van der Waals surface area contributed by atoms with Crippen LogP contribution in [0.3, 0.4) is 0 Å². The zero-order valence-electron chi connectivity index (χ0n) is 16.1. The molecule has 2 aromatic carbocycles. The number of nitrogens with one attached hydrogen (secondary N) is 2. The number of carbonyl (C=O) groups excluding carboxylic acids is 2. The summed E-state index contributed by atoms with van der Waals surface area (Å²) < 4.78 is 5.28. The van der Waals surface area contributed by atoms with Gasteiger partial charge in [0.1, 0.15) is 5.75 Å². The largest absolute Gasteiger partial charge is 0.496 e. The van der Waals surface area contributed by atoms with Crippen LogP contribution in [-0.2, 0) is 4.79 Å². The molecule has 0 spiro atoms. The van der Waals surface area contributed by atoms with Crippen molar-refractivity contribution in [1.82, 2.24) is 5.32 Å². The molecule has 2 N–H and O–H groups in total. The maximum absolute atomic E-state index is 12.7. The zero-order chi connectivity index (χ0) is 19.8. The van der Waals surface area contributed by atoms with Crippen LogP contribution in [0.1, 0.15) is 48.0 Å². The molecule has 0 saturated heterocycles. The van der Waals surface area contributed by atoms with E-state index in [4.69, 9.17) is 4.74 Å². The third kappa shape index (κ3) is 5.22. The molecule has 0 atom stereocenters. The van der Waals surface area contributed by atoms with E-state index in [0.29, 0.717) is 17.0 Å². The molecule has 1 aliphatic rings. The highest BCUT2D eigenvalue weighted by Crippen LogP contribution is 2.21. The highest BCUT2D eigenvalue weighted by Gasteiger charge is 2.18. The minimum absolute atomic E-state index is 0.142. The third-order valence-electron chi connectivity index (χ3n) is 4.92. The molecule has 0 aromatic heterocycles. The predicted octanol–water partition coefficient (Wildman–Crippen LogP) is 4.41. The van der Waals surface area contributed by atoms with Crippen molar-refractivity contribution >= 4 is 23.6 Å². The Balaban J connectivity index is 1.67. The Morgan fingerprint density at radius 3 is 2.50 bits per heavy atom. The molecule has 5 nitrogen and oxygen atoms in total. The van der Waals surface area contributed by atoms with E-state index in [1.54, 1.807) is 37.5 Å². The van der Waals surface area contributed by atoms with Gasteiger partial charge in [-0.15, -0.1) is 0 Å². The molecule has 5 heteroatoms. The number of carbonyl (C=O) groups is 2. The lowest BCUT2D eigenvalue weighted by atomic mass is 9.95. The number of hydrogen-bond acceptors (Lipinski definition) is 3. The van der Waals surface area contributed by atoms with Gasteiger partial charge in [-0.2, -0.15) is 0 Å². The highest BCUT2D eigenvalue weighted by molar-refractivity contribution is 6.07. The van der Waals surface area contributed by atoms with Crippen LogP contribution < -0.4 is 15.4 Å². The van der Waals surface area contributed by atoms with Gasteiger partial charge >= 0.3 is 0 Å². The Morgan fingerprint density at radius 2 is 1.71 bits per heavy atom. The molecular weight excluding hydrogens is 352 g/mol. The zero-order valence-corrected chi connectivity index (χ0v) is 16.1. The summed E-state index contributed by atoms with van der Waals surface area (Å²) in [5.41, 5.74) is 1.79. The third-order valence-corrected chi connectivity index (χ3v) is 4.92. The molecule has 3 rings (SSSR count). The molecule has 1 aliphatic carbocycles. The first kappa shape index (κ1) is 19.7. The van der Waals surface area contributed by atoms with E-state index >= 15 is 0 Å². The summed E-state index contributed by atoms with van der Waals surface area (Å²) in [4.78, 5) is 25.1. The van der Waals surface area contributed by atoms with Crippen LogP contribution in [0, 0.1) is 0 Å². The van der Waals surface area contributed by atoms with E-state index in [1.165, 1.54) is 12.5 Å². The van der Waals surface area contributed by atoms with Crippen molar-refractivity contribution in [1.29, 1.82) is 0 Å². The Labute approximate surface area is 165 Å². The number of benzene rings is 2. The lowest BCUT2D eigenvalue weighted by molar-refractivity contribution is -0.111. The van der Waals surface area contributed by atoms with E-state index < -0.39 is 0 Å². The first-order valence-electron chi connectivity index (χ1n) is 9.69. The molecule has 0 unspecified atom stereocenters. The van der Waals surface area contributed by atoms with Crippen molar-refractivity contribution < 1.29 is 14.3 Å². The van der Waals surface area contributed by atoms with Gasteiger partial charge in [0.2, 0.25) is 5.91 Å². The Bertz CT molecular complexity index is 854. The predicted molar refractivity (Wildman–Crippen MR) is 111 cm³/mol. The van der Waals surface area contributed by atoms with Crippen molar-refractivity contribution in [2.45, 2.75) is 38.1 Å². The first-order valence-corrected chi connectivity index (χ1v) is 9.69. The molecule has 2 aromatic rings. The molecule has 1 fully saturated rings. The summed E-state index contributed by atoms with van der Waals surface area (Å²) in [5.74, 6) is 0.249. The number of anilines is 1. The van der Waals surface area contributed by atoms with Gasteiger partial charge in [-0.25, -0.2) is 0 Å². The van der Waals surface area contributed by atoms with E-state index in [2.05, 4.69) is 10.6 Å². The van der Waals surface area contributed by atoms with Crippen LogP contribution >= 0.6 is 0 Å². The first-order chi connectivity index (χ1) is 13.7. The molecule has 2 amide bonds. The van der Waals surface area contributed by atoms with Crippen molar-refractivity contribution in [2.24, 2.45) is 0 Å². The van der Waals surface area contributed by atoms with Crippen LogP contribution in [0.15, 0.2) is 54.6 Å². The van der Waals surface area contributed by atoms with E-state index in [0.717, 1.165) is 31.2 Å². The standard InChI is InChI=1S/C23H26N2O3/c1-28-21-14-8-5-9-17(21)15-16-22(26)25-20-13-7-6-12-19(20)23(27)24-18-10-3-2-4-11-18/h5-9,12-16,18H,2-4,10-11H2,1H3,(H,24,27)(H,25,26). The van der Waals surface area contributed by atoms with Gasteiger partial charge in [-0.3, -0.25) is 9.59 Å². The molecule has 0 bridgehead atoms. The fraction of sp³-hybridized carbons (Fsp3) is 0.304. The minimum Gasteiger partial charge on any atom is -0.496 e. The summed E-state index contributed by atoms with van der Waals surface area (Å²) >= 11 is 0. The van der Waals surface area contributed by atoms with Gasteiger partial charge in [0.05, 0.1) is 18.4 Å². The number of methoxy groups -OCH3 is 1. The fourth-order valence-corrected chi connectivity index (χ4v) is 3.44. The van der Waals surface area contributed by atoms with E-state index in [9.17, 15) is 9.59 Å². The quantitative estimate of drug-likeness (QED) is 0.732. The second-order valence-corrected chi connectivity index (χ2v) is 6.92. The molecule has 0 aliphatic heterocycles. The summed E-state index contributed by atoms with van der Waals surface area (Å²) in [5, 5.41) is 5.91. The van der Waals surface area contributed by atoms with Gasteiger partial charge in [0.15, 0.2) is 0 Å². The number of amides is 2. The molecule has 0 heterocycles. The summed E-state index contributed by atoms with van der Waals surface area (Å²) in [7, 11) is 1.59. The maximum atomic E-state index is 12.7. The molecule has 146 valence electrons. The highest BCUT2D eigenvalue weighted by atomic mass is 16.5. The average molecular weight is 378 g/mol. The van der Waals surface area contributed by atoms with Crippen molar-refractivity contribution in [3.8, 4) is 5.75 Å². The number of hydrogen-bond donors (Lipinski definition) is 2. The lowest BCUT2D eigenvalue weighted by Gasteiger charge is -2.23. The minimum atomic E-state index is -0.302. The van der Waals surface area contributed by atoms with Crippen LogP contribution in [0.5, 0.6) is 5.75 Å². The van der Waals surface area contributed by atoms with Crippen LogP contribution in [0.25, 0.3) is 6.08 Å². The van der Waals surface area contributed by atoms with Crippen molar-refractivity contribution in [3.63, 3.8) is 0 Å². The molecule has 1 saturated carbocycles. The smallest absolute Gasteiger partial charge is 0.253 e. The van der Waals surface area contributed by atoms with Crippen LogP contribution in [-0.4, -0.2) is 25.0 Å². The molecule has 0 radical (unpaired) electrons. The molecular formula is C23H26N2O3. The SMILES string of the molecule is COc1ccccc1C=CC(=O)Nc1ccccc1C(=O)NC1CCCCC1. The van der Waals surface area contributed by atoms with Crippen LogP contribution in [0.2, 0.25) is 0 Å². The van der Waals surface area contributed by atoms with E-state index in [1.807, 2.05) is 24.3 Å². The Morgan fingerprint density at radius 1 is 1.00 bits per heavy atom. The van der Waals surface area contributed by atoms with Gasteiger partial charge in [-0.05, 0) is 37.1 Å². The van der Waals surface area contributed by atoms with Gasteiger partial charge in [0.25, 0.3) is 5.91 Å².